The molecular formula is C13H9F3N6O3S. The Balaban J connectivity index is 1.88. The molecule has 3 aromatic rings. The van der Waals surface area contributed by atoms with Gasteiger partial charge in [-0.15, -0.1) is 0 Å². The van der Waals surface area contributed by atoms with E-state index in [9.17, 15) is 21.6 Å². The number of fused-ring (bicyclic) bond motifs is 1. The third-order valence-electron chi connectivity index (χ3n) is 3.69. The molecule has 3 heterocycles. The zero-order valence-electron chi connectivity index (χ0n) is 12.7. The number of H-pyrrole nitrogens is 1. The third kappa shape index (κ3) is 2.83. The molecular weight excluding hydrogens is 377 g/mol. The third-order valence-corrected chi connectivity index (χ3v) is 4.64. The number of halogens is 3. The average molecular weight is 386 g/mol. The largest absolute Gasteiger partial charge is 0.534 e. The predicted octanol–water partition coefficient (Wildman–Crippen LogP) is 1.92. The van der Waals surface area contributed by atoms with Crippen LogP contribution in [0.1, 0.15) is 24.5 Å². The first-order chi connectivity index (χ1) is 12.3. The van der Waals surface area contributed by atoms with E-state index in [1.54, 1.807) is 0 Å². The lowest BCUT2D eigenvalue weighted by Gasteiger charge is -2.13. The fraction of sp³-hybridized carbons (Fsp3) is 0.308. The first-order valence-corrected chi connectivity index (χ1v) is 8.69. The molecule has 26 heavy (non-hydrogen) atoms. The van der Waals surface area contributed by atoms with E-state index in [0.717, 1.165) is 19.2 Å². The van der Waals surface area contributed by atoms with E-state index in [1.807, 2.05) is 0 Å². The molecule has 0 bridgehead atoms. The summed E-state index contributed by atoms with van der Waals surface area (Å²) in [5.41, 5.74) is -5.01. The number of rotatable bonds is 4. The highest BCUT2D eigenvalue weighted by Crippen LogP contribution is 2.45. The summed E-state index contributed by atoms with van der Waals surface area (Å²) in [6.07, 6.45) is 5.32. The van der Waals surface area contributed by atoms with Crippen LogP contribution in [0.2, 0.25) is 0 Å². The lowest BCUT2D eigenvalue weighted by molar-refractivity contribution is -0.0501. The van der Waals surface area contributed by atoms with Crippen molar-refractivity contribution in [3.63, 3.8) is 0 Å². The van der Waals surface area contributed by atoms with Crippen LogP contribution >= 0.6 is 0 Å². The van der Waals surface area contributed by atoms with Gasteiger partial charge < -0.3 is 4.18 Å². The fourth-order valence-corrected chi connectivity index (χ4v) is 2.76. The van der Waals surface area contributed by atoms with Crippen LogP contribution in [0.5, 0.6) is 5.88 Å². The van der Waals surface area contributed by atoms with E-state index in [1.165, 1.54) is 12.4 Å². The zero-order valence-corrected chi connectivity index (χ0v) is 13.5. The highest BCUT2D eigenvalue weighted by Gasteiger charge is 2.49. The van der Waals surface area contributed by atoms with E-state index >= 15 is 0 Å². The van der Waals surface area contributed by atoms with Gasteiger partial charge in [-0.25, -0.2) is 19.9 Å². The Morgan fingerprint density at radius 3 is 2.62 bits per heavy atom. The van der Waals surface area contributed by atoms with Gasteiger partial charge in [-0.3, -0.25) is 5.10 Å². The molecule has 0 aromatic carbocycles. The number of alkyl halides is 3. The molecule has 0 atom stereocenters. The molecule has 1 fully saturated rings. The molecule has 136 valence electrons. The van der Waals surface area contributed by atoms with Crippen molar-refractivity contribution in [2.45, 2.75) is 24.3 Å². The minimum atomic E-state index is -5.90. The second kappa shape index (κ2) is 5.59. The minimum Gasteiger partial charge on any atom is -0.354 e. The van der Waals surface area contributed by atoms with Gasteiger partial charge in [-0.05, 0) is 12.8 Å². The zero-order chi connectivity index (χ0) is 18.5. The molecule has 4 rings (SSSR count). The van der Waals surface area contributed by atoms with Crippen LogP contribution in [-0.4, -0.2) is 44.1 Å². The van der Waals surface area contributed by atoms with Gasteiger partial charge in [0.25, 0.3) is 0 Å². The summed E-state index contributed by atoms with van der Waals surface area (Å²) in [7, 11) is -5.90. The first kappa shape index (κ1) is 16.6. The van der Waals surface area contributed by atoms with Crippen molar-refractivity contribution in [2.75, 3.05) is 0 Å². The van der Waals surface area contributed by atoms with Crippen molar-refractivity contribution < 1.29 is 25.8 Å². The molecule has 1 aliphatic carbocycles. The van der Waals surface area contributed by atoms with Gasteiger partial charge in [-0.1, -0.05) is 0 Å². The number of aromatic nitrogens is 6. The summed E-state index contributed by atoms with van der Waals surface area (Å²) in [6, 6.07) is 0. The van der Waals surface area contributed by atoms with Crippen molar-refractivity contribution in [3.8, 4) is 17.3 Å². The summed E-state index contributed by atoms with van der Waals surface area (Å²) in [5, 5.41) is 6.96. The second-order valence-corrected chi connectivity index (χ2v) is 7.10. The molecule has 13 heteroatoms. The Morgan fingerprint density at radius 1 is 1.15 bits per heavy atom. The molecule has 0 aliphatic heterocycles. The van der Waals surface area contributed by atoms with Gasteiger partial charge in [0, 0.05) is 12.1 Å². The van der Waals surface area contributed by atoms with Crippen LogP contribution < -0.4 is 4.18 Å². The van der Waals surface area contributed by atoms with Crippen LogP contribution in [0, 0.1) is 0 Å². The van der Waals surface area contributed by atoms with Crippen LogP contribution in [0.25, 0.3) is 22.4 Å². The predicted molar refractivity (Wildman–Crippen MR) is 80.3 cm³/mol. The highest BCUT2D eigenvalue weighted by atomic mass is 32.2. The molecule has 9 nitrogen and oxygen atoms in total. The minimum absolute atomic E-state index is 0.0509. The maximum absolute atomic E-state index is 12.7. The Hall–Kier alpha value is -2.83. The van der Waals surface area contributed by atoms with Crippen LogP contribution in [-0.2, 0) is 10.1 Å². The van der Waals surface area contributed by atoms with Gasteiger partial charge in [0.2, 0.25) is 5.88 Å². The molecule has 0 amide bonds. The topological polar surface area (TPSA) is 124 Å². The number of hydrogen-bond acceptors (Lipinski definition) is 8. The lowest BCUT2D eigenvalue weighted by atomic mass is 10.1. The van der Waals surface area contributed by atoms with E-state index in [-0.39, 0.29) is 17.3 Å². The SMILES string of the molecule is O=S(=O)(Oc1ncnc(C2CC2)c1-c1ncc2cn[nH]c2n1)C(F)(F)F. The maximum atomic E-state index is 12.7. The monoisotopic (exact) mass is 386 g/mol. The van der Waals surface area contributed by atoms with E-state index in [2.05, 4.69) is 34.3 Å². The Kier molecular flexibility index (Phi) is 3.57. The Bertz CT molecular complexity index is 1090. The van der Waals surface area contributed by atoms with Crippen LogP contribution in [0.4, 0.5) is 13.2 Å². The van der Waals surface area contributed by atoms with E-state index in [0.29, 0.717) is 16.7 Å². The standard InChI is InChI=1S/C13H9F3N6O3S/c14-13(15,16)26(23,24)25-12-8(9(6-1-2-6)18-5-19-12)11-17-3-7-4-20-22-10(7)21-11/h3-6H,1-2H2,(H,17,20,21,22). The van der Waals surface area contributed by atoms with Gasteiger partial charge in [-0.2, -0.15) is 26.7 Å². The van der Waals surface area contributed by atoms with Crippen molar-refractivity contribution in [3.05, 3.63) is 24.4 Å². The van der Waals surface area contributed by atoms with Crippen molar-refractivity contribution in [2.24, 2.45) is 0 Å². The summed E-state index contributed by atoms with van der Waals surface area (Å²) in [4.78, 5) is 15.9. The van der Waals surface area contributed by atoms with Crippen LogP contribution in [0.15, 0.2) is 18.7 Å². The Morgan fingerprint density at radius 2 is 1.92 bits per heavy atom. The first-order valence-electron chi connectivity index (χ1n) is 7.28. The normalized spacial score (nSPS) is 15.3. The summed E-state index contributed by atoms with van der Waals surface area (Å²) in [6.45, 7) is 0. The average Bonchev–Trinajstić information content (AvgIpc) is 3.30. The van der Waals surface area contributed by atoms with Gasteiger partial charge in [0.15, 0.2) is 11.5 Å². The molecule has 1 saturated carbocycles. The van der Waals surface area contributed by atoms with Gasteiger partial charge in [0.05, 0.1) is 17.3 Å². The fourth-order valence-electron chi connectivity index (χ4n) is 2.33. The molecule has 0 unspecified atom stereocenters. The van der Waals surface area contributed by atoms with E-state index < -0.39 is 21.5 Å². The number of aromatic amines is 1. The van der Waals surface area contributed by atoms with E-state index in [4.69, 9.17) is 0 Å². The second-order valence-electron chi connectivity index (χ2n) is 5.56. The highest BCUT2D eigenvalue weighted by molar-refractivity contribution is 7.88. The van der Waals surface area contributed by atoms with Gasteiger partial charge >= 0.3 is 15.6 Å². The molecule has 0 spiro atoms. The maximum Gasteiger partial charge on any atom is 0.534 e. The van der Waals surface area contributed by atoms with Crippen LogP contribution in [0.3, 0.4) is 0 Å². The molecule has 1 N–H and O–H groups in total. The van der Waals surface area contributed by atoms with Crippen molar-refractivity contribution >= 4 is 21.2 Å². The number of nitrogens with one attached hydrogen (secondary N) is 1. The number of hydrogen-bond donors (Lipinski definition) is 1. The molecule has 3 aromatic heterocycles. The lowest BCUT2D eigenvalue weighted by Crippen LogP contribution is -2.28. The van der Waals surface area contributed by atoms with Crippen molar-refractivity contribution in [1.29, 1.82) is 0 Å². The van der Waals surface area contributed by atoms with Crippen molar-refractivity contribution in [1.82, 2.24) is 30.1 Å². The molecule has 0 saturated heterocycles. The summed E-state index contributed by atoms with van der Waals surface area (Å²) >= 11 is 0. The smallest absolute Gasteiger partial charge is 0.354 e. The Labute approximate surface area is 143 Å². The molecule has 1 aliphatic rings. The molecule has 0 radical (unpaired) electrons. The number of nitrogens with zero attached hydrogens (tertiary/aromatic N) is 5. The van der Waals surface area contributed by atoms with Gasteiger partial charge in [0.1, 0.15) is 11.9 Å². The quantitative estimate of drug-likeness (QED) is 0.533. The summed E-state index contributed by atoms with van der Waals surface area (Å²) < 4.78 is 65.1. The summed E-state index contributed by atoms with van der Waals surface area (Å²) in [5.74, 6) is -0.875.